The van der Waals surface area contributed by atoms with Gasteiger partial charge in [-0.3, -0.25) is 0 Å². The second-order valence-electron chi connectivity index (χ2n) is 4.30. The first-order chi connectivity index (χ1) is 7.83. The molecule has 0 aromatic carbocycles. The molecule has 1 aliphatic heterocycles. The van der Waals surface area contributed by atoms with E-state index in [1.165, 1.54) is 6.42 Å². The summed E-state index contributed by atoms with van der Waals surface area (Å²) >= 11 is 0. The SMILES string of the molecule is CCCNC(C1CCCOC1)C(OC)OC. The molecule has 16 heavy (non-hydrogen) atoms. The third-order valence-electron chi connectivity index (χ3n) is 3.09. The minimum atomic E-state index is -0.182. The van der Waals surface area contributed by atoms with Crippen LogP contribution < -0.4 is 5.32 Å². The highest BCUT2D eigenvalue weighted by molar-refractivity contribution is 4.81. The quantitative estimate of drug-likeness (QED) is 0.672. The van der Waals surface area contributed by atoms with Crippen molar-refractivity contribution in [2.75, 3.05) is 34.0 Å². The fourth-order valence-electron chi connectivity index (χ4n) is 2.23. The van der Waals surface area contributed by atoms with Gasteiger partial charge in [0.05, 0.1) is 12.6 Å². The average molecular weight is 231 g/mol. The van der Waals surface area contributed by atoms with E-state index < -0.39 is 0 Å². The predicted octanol–water partition coefficient (Wildman–Crippen LogP) is 1.40. The van der Waals surface area contributed by atoms with Crippen LogP contribution in [0.15, 0.2) is 0 Å². The summed E-state index contributed by atoms with van der Waals surface area (Å²) in [4.78, 5) is 0. The third kappa shape index (κ3) is 4.01. The molecule has 1 aliphatic rings. The molecule has 4 heteroatoms. The zero-order chi connectivity index (χ0) is 11.8. The van der Waals surface area contributed by atoms with E-state index >= 15 is 0 Å². The molecule has 1 N–H and O–H groups in total. The molecule has 2 atom stereocenters. The van der Waals surface area contributed by atoms with Gasteiger partial charge in [0.2, 0.25) is 0 Å². The molecule has 0 saturated carbocycles. The van der Waals surface area contributed by atoms with Crippen molar-refractivity contribution in [3.63, 3.8) is 0 Å². The van der Waals surface area contributed by atoms with Gasteiger partial charge in [-0.1, -0.05) is 6.92 Å². The van der Waals surface area contributed by atoms with E-state index in [1.54, 1.807) is 14.2 Å². The zero-order valence-corrected chi connectivity index (χ0v) is 10.7. The summed E-state index contributed by atoms with van der Waals surface area (Å²) in [7, 11) is 3.39. The van der Waals surface area contributed by atoms with Crippen molar-refractivity contribution in [1.82, 2.24) is 5.32 Å². The first-order valence-corrected chi connectivity index (χ1v) is 6.20. The summed E-state index contributed by atoms with van der Waals surface area (Å²) in [5, 5.41) is 3.51. The van der Waals surface area contributed by atoms with E-state index in [1.807, 2.05) is 0 Å². The maximum atomic E-state index is 5.53. The Bertz CT molecular complexity index is 168. The highest BCUT2D eigenvalue weighted by Crippen LogP contribution is 2.21. The molecule has 1 saturated heterocycles. The molecule has 2 unspecified atom stereocenters. The summed E-state index contributed by atoms with van der Waals surface area (Å²) in [6.07, 6.45) is 3.25. The molecule has 0 aromatic rings. The first-order valence-electron chi connectivity index (χ1n) is 6.20. The summed E-state index contributed by atoms with van der Waals surface area (Å²) in [5.74, 6) is 0.491. The van der Waals surface area contributed by atoms with Crippen LogP contribution in [0.4, 0.5) is 0 Å². The summed E-state index contributed by atoms with van der Waals surface area (Å²) in [6, 6.07) is 0.232. The molecule has 1 heterocycles. The van der Waals surface area contributed by atoms with Crippen molar-refractivity contribution in [3.8, 4) is 0 Å². The normalized spacial score (nSPS) is 23.6. The van der Waals surface area contributed by atoms with Gasteiger partial charge in [0.15, 0.2) is 6.29 Å². The second kappa shape index (κ2) is 8.01. The Kier molecular flexibility index (Phi) is 6.96. The lowest BCUT2D eigenvalue weighted by atomic mass is 9.93. The van der Waals surface area contributed by atoms with Crippen LogP contribution in [-0.4, -0.2) is 46.3 Å². The van der Waals surface area contributed by atoms with Crippen molar-refractivity contribution in [2.24, 2.45) is 5.92 Å². The number of rotatable bonds is 7. The average Bonchev–Trinajstić information content (AvgIpc) is 2.35. The molecule has 4 nitrogen and oxygen atoms in total. The van der Waals surface area contributed by atoms with Gasteiger partial charge < -0.3 is 19.5 Å². The van der Waals surface area contributed by atoms with Crippen LogP contribution in [0, 0.1) is 5.92 Å². The first kappa shape index (κ1) is 13.9. The van der Waals surface area contributed by atoms with Gasteiger partial charge in [-0.25, -0.2) is 0 Å². The highest BCUT2D eigenvalue weighted by atomic mass is 16.7. The topological polar surface area (TPSA) is 39.7 Å². The lowest BCUT2D eigenvalue weighted by Crippen LogP contribution is -2.49. The van der Waals surface area contributed by atoms with Crippen LogP contribution in [0.2, 0.25) is 0 Å². The molecule has 0 spiro atoms. The predicted molar refractivity (Wildman–Crippen MR) is 63.4 cm³/mol. The Morgan fingerprint density at radius 2 is 2.12 bits per heavy atom. The standard InChI is InChI=1S/C12H25NO3/c1-4-7-13-11(12(14-2)15-3)10-6-5-8-16-9-10/h10-13H,4-9H2,1-3H3. The largest absolute Gasteiger partial charge is 0.381 e. The third-order valence-corrected chi connectivity index (χ3v) is 3.09. The molecule has 0 bridgehead atoms. The fourth-order valence-corrected chi connectivity index (χ4v) is 2.23. The van der Waals surface area contributed by atoms with Crippen molar-refractivity contribution in [3.05, 3.63) is 0 Å². The van der Waals surface area contributed by atoms with Gasteiger partial charge in [0, 0.05) is 26.7 Å². The summed E-state index contributed by atoms with van der Waals surface area (Å²) < 4.78 is 16.3. The van der Waals surface area contributed by atoms with Gasteiger partial charge in [-0.15, -0.1) is 0 Å². The molecule has 0 radical (unpaired) electrons. The minimum Gasteiger partial charge on any atom is -0.381 e. The maximum absolute atomic E-state index is 5.53. The van der Waals surface area contributed by atoms with Crippen LogP contribution in [0.25, 0.3) is 0 Å². The van der Waals surface area contributed by atoms with Crippen molar-refractivity contribution in [1.29, 1.82) is 0 Å². The molecular weight excluding hydrogens is 206 g/mol. The van der Waals surface area contributed by atoms with Crippen molar-refractivity contribution >= 4 is 0 Å². The lowest BCUT2D eigenvalue weighted by molar-refractivity contribution is -0.142. The van der Waals surface area contributed by atoms with Crippen LogP contribution in [0.1, 0.15) is 26.2 Å². The van der Waals surface area contributed by atoms with E-state index in [2.05, 4.69) is 12.2 Å². The van der Waals surface area contributed by atoms with Crippen LogP contribution >= 0.6 is 0 Å². The van der Waals surface area contributed by atoms with E-state index in [4.69, 9.17) is 14.2 Å². The lowest BCUT2D eigenvalue weighted by Gasteiger charge is -2.34. The van der Waals surface area contributed by atoms with E-state index in [-0.39, 0.29) is 12.3 Å². The minimum absolute atomic E-state index is 0.182. The molecule has 1 fully saturated rings. The molecule has 0 aliphatic carbocycles. The van der Waals surface area contributed by atoms with Gasteiger partial charge in [0.25, 0.3) is 0 Å². The van der Waals surface area contributed by atoms with Crippen LogP contribution in [-0.2, 0) is 14.2 Å². The molecule has 0 aromatic heterocycles. The van der Waals surface area contributed by atoms with Gasteiger partial charge >= 0.3 is 0 Å². The highest BCUT2D eigenvalue weighted by Gasteiger charge is 2.30. The van der Waals surface area contributed by atoms with Gasteiger partial charge in [-0.05, 0) is 25.8 Å². The fraction of sp³-hybridized carbons (Fsp3) is 1.00. The van der Waals surface area contributed by atoms with Crippen LogP contribution in [0.5, 0.6) is 0 Å². The van der Waals surface area contributed by atoms with Gasteiger partial charge in [-0.2, -0.15) is 0 Å². The number of nitrogens with one attached hydrogen (secondary N) is 1. The Morgan fingerprint density at radius 3 is 2.62 bits per heavy atom. The number of methoxy groups -OCH3 is 2. The maximum Gasteiger partial charge on any atom is 0.172 e. The zero-order valence-electron chi connectivity index (χ0n) is 10.7. The Morgan fingerprint density at radius 1 is 1.38 bits per heavy atom. The Labute approximate surface area is 98.6 Å². The Balaban J connectivity index is 2.52. The number of hydrogen-bond donors (Lipinski definition) is 1. The summed E-state index contributed by atoms with van der Waals surface area (Å²) in [5.41, 5.74) is 0. The Hall–Kier alpha value is -0.160. The smallest absolute Gasteiger partial charge is 0.172 e. The monoisotopic (exact) mass is 231 g/mol. The second-order valence-corrected chi connectivity index (χ2v) is 4.30. The van der Waals surface area contributed by atoms with Crippen molar-refractivity contribution < 1.29 is 14.2 Å². The van der Waals surface area contributed by atoms with E-state index in [0.717, 1.165) is 32.6 Å². The number of hydrogen-bond acceptors (Lipinski definition) is 4. The molecular formula is C12H25NO3. The number of ether oxygens (including phenoxy) is 3. The summed E-state index contributed by atoms with van der Waals surface area (Å²) in [6.45, 7) is 4.85. The van der Waals surface area contributed by atoms with Crippen molar-refractivity contribution in [2.45, 2.75) is 38.5 Å². The molecule has 96 valence electrons. The van der Waals surface area contributed by atoms with E-state index in [9.17, 15) is 0 Å². The van der Waals surface area contributed by atoms with E-state index in [0.29, 0.717) is 5.92 Å². The molecule has 0 amide bonds. The van der Waals surface area contributed by atoms with Gasteiger partial charge in [0.1, 0.15) is 0 Å². The van der Waals surface area contributed by atoms with Crippen LogP contribution in [0.3, 0.4) is 0 Å². The molecule has 1 rings (SSSR count).